The molecule has 0 aliphatic heterocycles. The van der Waals surface area contributed by atoms with Crippen molar-refractivity contribution in [2.45, 2.75) is 26.2 Å². The quantitative estimate of drug-likeness (QED) is 0.561. The lowest BCUT2D eigenvalue weighted by atomic mass is 9.98. The Hall–Kier alpha value is -3.47. The summed E-state index contributed by atoms with van der Waals surface area (Å²) < 4.78 is 13.9. The summed E-state index contributed by atoms with van der Waals surface area (Å²) in [6, 6.07) is 21.1. The summed E-state index contributed by atoms with van der Waals surface area (Å²) in [5.41, 5.74) is 2.63. The van der Waals surface area contributed by atoms with Crippen molar-refractivity contribution >= 4 is 17.5 Å². The molecule has 0 heterocycles. The van der Waals surface area contributed by atoms with Crippen LogP contribution in [0, 0.1) is 12.7 Å². The Morgan fingerprint density at radius 1 is 0.867 bits per heavy atom. The Kier molecular flexibility index (Phi) is 6.96. The number of amides is 2. The van der Waals surface area contributed by atoms with Crippen LogP contribution >= 0.6 is 0 Å². The lowest BCUT2D eigenvalue weighted by Crippen LogP contribution is -2.27. The second kappa shape index (κ2) is 9.83. The summed E-state index contributed by atoms with van der Waals surface area (Å²) >= 11 is 0. The fourth-order valence-corrected chi connectivity index (χ4v) is 3.29. The molecule has 0 fully saturated rings. The molecule has 0 aliphatic carbocycles. The molecule has 0 bridgehead atoms. The van der Waals surface area contributed by atoms with Crippen LogP contribution in [0.2, 0.25) is 0 Å². The van der Waals surface area contributed by atoms with Crippen LogP contribution < -0.4 is 10.6 Å². The number of anilines is 1. The highest BCUT2D eigenvalue weighted by Gasteiger charge is 2.18. The van der Waals surface area contributed by atoms with Gasteiger partial charge in [-0.2, -0.15) is 0 Å². The van der Waals surface area contributed by atoms with E-state index in [0.717, 1.165) is 12.0 Å². The minimum Gasteiger partial charge on any atom is -0.352 e. The fourth-order valence-electron chi connectivity index (χ4n) is 3.29. The van der Waals surface area contributed by atoms with Gasteiger partial charge in [0.25, 0.3) is 11.8 Å². The number of para-hydroxylation sites is 1. The number of nitrogens with one attached hydrogen (secondary N) is 2. The summed E-state index contributed by atoms with van der Waals surface area (Å²) in [4.78, 5) is 25.3. The number of carbonyl (C=O) groups is 2. The normalized spacial score (nSPS) is 11.6. The summed E-state index contributed by atoms with van der Waals surface area (Å²) in [5, 5.41) is 5.63. The van der Waals surface area contributed by atoms with Crippen molar-refractivity contribution in [1.29, 1.82) is 0 Å². The van der Waals surface area contributed by atoms with E-state index in [4.69, 9.17) is 0 Å². The second-order valence-electron chi connectivity index (χ2n) is 7.29. The predicted molar refractivity (Wildman–Crippen MR) is 117 cm³/mol. The van der Waals surface area contributed by atoms with Crippen molar-refractivity contribution < 1.29 is 14.0 Å². The van der Waals surface area contributed by atoms with Gasteiger partial charge in [0, 0.05) is 6.54 Å². The van der Waals surface area contributed by atoms with E-state index < -0.39 is 11.7 Å². The maximum Gasteiger partial charge on any atom is 0.258 e. The summed E-state index contributed by atoms with van der Waals surface area (Å²) in [5.74, 6) is -1.16. The molecule has 2 N–H and O–H groups in total. The molecule has 0 radical (unpaired) electrons. The summed E-state index contributed by atoms with van der Waals surface area (Å²) in [7, 11) is 0. The van der Waals surface area contributed by atoms with Crippen LogP contribution in [0.3, 0.4) is 0 Å². The fraction of sp³-hybridized carbons (Fsp3) is 0.200. The molecular formula is C25H25FN2O2. The van der Waals surface area contributed by atoms with Gasteiger partial charge in [0.15, 0.2) is 0 Å². The van der Waals surface area contributed by atoms with E-state index in [1.54, 1.807) is 31.2 Å². The molecule has 5 heteroatoms. The van der Waals surface area contributed by atoms with Crippen molar-refractivity contribution in [3.05, 3.63) is 101 Å². The largest absolute Gasteiger partial charge is 0.352 e. The lowest BCUT2D eigenvalue weighted by molar-refractivity contribution is 0.0953. The van der Waals surface area contributed by atoms with Gasteiger partial charge < -0.3 is 10.6 Å². The molecule has 0 saturated heterocycles. The van der Waals surface area contributed by atoms with Gasteiger partial charge in [0.1, 0.15) is 5.82 Å². The number of halogens is 1. The van der Waals surface area contributed by atoms with Crippen LogP contribution in [0.25, 0.3) is 0 Å². The summed E-state index contributed by atoms with van der Waals surface area (Å²) in [6.45, 7) is 4.42. The Morgan fingerprint density at radius 2 is 1.53 bits per heavy atom. The van der Waals surface area contributed by atoms with E-state index in [0.29, 0.717) is 23.7 Å². The first-order chi connectivity index (χ1) is 14.5. The molecule has 4 nitrogen and oxygen atoms in total. The van der Waals surface area contributed by atoms with E-state index >= 15 is 0 Å². The lowest BCUT2D eigenvalue weighted by Gasteiger charge is -2.16. The maximum absolute atomic E-state index is 13.9. The average Bonchev–Trinajstić information content (AvgIpc) is 2.75. The van der Waals surface area contributed by atoms with Crippen molar-refractivity contribution in [2.75, 3.05) is 11.9 Å². The first-order valence-corrected chi connectivity index (χ1v) is 9.96. The van der Waals surface area contributed by atoms with Crippen molar-refractivity contribution in [1.82, 2.24) is 5.32 Å². The van der Waals surface area contributed by atoms with E-state index in [-0.39, 0.29) is 11.5 Å². The third-order valence-electron chi connectivity index (χ3n) is 5.11. The van der Waals surface area contributed by atoms with E-state index in [1.165, 1.54) is 23.8 Å². The summed E-state index contributed by atoms with van der Waals surface area (Å²) in [6.07, 6.45) is 0.790. The zero-order valence-electron chi connectivity index (χ0n) is 17.1. The Bertz CT molecular complexity index is 1030. The van der Waals surface area contributed by atoms with E-state index in [2.05, 4.69) is 29.7 Å². The molecule has 2 amide bonds. The maximum atomic E-state index is 13.9. The van der Waals surface area contributed by atoms with Crippen LogP contribution in [-0.2, 0) is 0 Å². The van der Waals surface area contributed by atoms with Crippen LogP contribution in [0.5, 0.6) is 0 Å². The first-order valence-electron chi connectivity index (χ1n) is 9.96. The average molecular weight is 404 g/mol. The van der Waals surface area contributed by atoms with Gasteiger partial charge in [-0.15, -0.1) is 0 Å². The third-order valence-corrected chi connectivity index (χ3v) is 5.11. The number of aryl methyl sites for hydroxylation is 1. The van der Waals surface area contributed by atoms with Crippen molar-refractivity contribution in [2.24, 2.45) is 0 Å². The van der Waals surface area contributed by atoms with Gasteiger partial charge >= 0.3 is 0 Å². The number of benzene rings is 3. The highest BCUT2D eigenvalue weighted by Crippen LogP contribution is 2.23. The minimum absolute atomic E-state index is 0.0659. The molecule has 3 aromatic carbocycles. The molecule has 0 saturated carbocycles. The molecule has 3 aromatic rings. The number of hydrogen-bond donors (Lipinski definition) is 2. The van der Waals surface area contributed by atoms with Crippen LogP contribution in [0.15, 0.2) is 72.8 Å². The molecule has 0 aromatic heterocycles. The zero-order chi connectivity index (χ0) is 21.5. The highest BCUT2D eigenvalue weighted by molar-refractivity contribution is 6.09. The molecule has 3 rings (SSSR count). The topological polar surface area (TPSA) is 58.2 Å². The van der Waals surface area contributed by atoms with Crippen LogP contribution in [0.4, 0.5) is 10.1 Å². The predicted octanol–water partition coefficient (Wildman–Crippen LogP) is 5.31. The van der Waals surface area contributed by atoms with Gasteiger partial charge in [-0.25, -0.2) is 4.39 Å². The minimum atomic E-state index is -0.607. The molecule has 1 unspecified atom stereocenters. The molecule has 0 spiro atoms. The first kappa shape index (κ1) is 21.2. The molecule has 154 valence electrons. The third kappa shape index (κ3) is 5.11. The van der Waals surface area contributed by atoms with E-state index in [9.17, 15) is 14.0 Å². The molecule has 0 aliphatic rings. The molecule has 30 heavy (non-hydrogen) atoms. The highest BCUT2D eigenvalue weighted by atomic mass is 19.1. The van der Waals surface area contributed by atoms with Gasteiger partial charge in [-0.1, -0.05) is 61.5 Å². The molecule has 1 atom stereocenters. The van der Waals surface area contributed by atoms with Gasteiger partial charge in [0.2, 0.25) is 0 Å². The van der Waals surface area contributed by atoms with Gasteiger partial charge in [-0.05, 0) is 48.6 Å². The van der Waals surface area contributed by atoms with Gasteiger partial charge in [-0.3, -0.25) is 9.59 Å². The Balaban J connectivity index is 1.68. The van der Waals surface area contributed by atoms with E-state index in [1.807, 2.05) is 18.2 Å². The number of hydrogen-bond acceptors (Lipinski definition) is 2. The van der Waals surface area contributed by atoms with Gasteiger partial charge in [0.05, 0.1) is 16.8 Å². The number of rotatable bonds is 7. The van der Waals surface area contributed by atoms with Crippen molar-refractivity contribution in [3.63, 3.8) is 0 Å². The van der Waals surface area contributed by atoms with Crippen LogP contribution in [0.1, 0.15) is 51.1 Å². The van der Waals surface area contributed by atoms with Crippen LogP contribution in [-0.4, -0.2) is 18.4 Å². The monoisotopic (exact) mass is 404 g/mol. The second-order valence-corrected chi connectivity index (χ2v) is 7.29. The number of carbonyl (C=O) groups excluding carboxylic acids is 2. The molecular weight excluding hydrogens is 379 g/mol. The standard InChI is InChI=1S/C25H25FN2O2/c1-17(19-10-4-3-5-11-19)15-16-27-24(29)21-13-8-9-18(2)23(21)28-25(30)20-12-6-7-14-22(20)26/h3-14,17H,15-16H2,1-2H3,(H,27,29)(H,28,30). The Morgan fingerprint density at radius 3 is 2.27 bits per heavy atom. The zero-order valence-corrected chi connectivity index (χ0v) is 17.1. The Labute approximate surface area is 176 Å². The SMILES string of the molecule is Cc1cccc(C(=O)NCCC(C)c2ccccc2)c1NC(=O)c1ccccc1F. The van der Waals surface area contributed by atoms with Crippen molar-refractivity contribution in [3.8, 4) is 0 Å². The smallest absolute Gasteiger partial charge is 0.258 e.